The van der Waals surface area contributed by atoms with Crippen LogP contribution in [0, 0.1) is 5.41 Å². The number of rotatable bonds is 8. The van der Waals surface area contributed by atoms with E-state index in [1.54, 1.807) is 0 Å². The molecular weight excluding hydrogens is 214 g/mol. The van der Waals surface area contributed by atoms with E-state index in [0.717, 1.165) is 19.4 Å². The largest absolute Gasteiger partial charge is 0.353 e. The van der Waals surface area contributed by atoms with Gasteiger partial charge in [-0.05, 0) is 52.2 Å². The molecule has 102 valence electrons. The molecule has 4 nitrogen and oxygen atoms in total. The van der Waals surface area contributed by atoms with Crippen molar-refractivity contribution in [2.24, 2.45) is 11.1 Å². The van der Waals surface area contributed by atoms with Crippen LogP contribution in [0.15, 0.2) is 0 Å². The van der Waals surface area contributed by atoms with E-state index in [0.29, 0.717) is 13.1 Å². The lowest BCUT2D eigenvalue weighted by molar-refractivity contribution is -0.122. The highest BCUT2D eigenvalue weighted by Crippen LogP contribution is 2.19. The smallest absolute Gasteiger partial charge is 0.234 e. The minimum atomic E-state index is 0.0978. The average molecular weight is 243 g/mol. The lowest BCUT2D eigenvalue weighted by Gasteiger charge is -2.24. The Morgan fingerprint density at radius 3 is 2.47 bits per heavy atom. The highest BCUT2D eigenvalue weighted by molar-refractivity contribution is 5.78. The van der Waals surface area contributed by atoms with E-state index in [9.17, 15) is 4.79 Å². The molecule has 4 heteroatoms. The predicted octanol–water partition coefficient (Wildman–Crippen LogP) is 1.21. The number of nitrogens with zero attached hydrogens (tertiary/aromatic N) is 1. The van der Waals surface area contributed by atoms with E-state index in [2.05, 4.69) is 24.1 Å². The number of carbonyl (C=O) groups is 1. The number of amides is 1. The normalized spacial score (nSPS) is 12.2. The van der Waals surface area contributed by atoms with Gasteiger partial charge in [0, 0.05) is 6.04 Å². The standard InChI is InChI=1S/C13H29N3O/c1-11(2)15-12(17)9-16(5)8-6-7-13(3,4)10-14/h11H,6-10,14H2,1-5H3,(H,15,17). The quantitative estimate of drug-likeness (QED) is 0.673. The van der Waals surface area contributed by atoms with E-state index in [1.165, 1.54) is 0 Å². The van der Waals surface area contributed by atoms with Crippen molar-refractivity contribution < 1.29 is 4.79 Å². The summed E-state index contributed by atoms with van der Waals surface area (Å²) in [6.45, 7) is 10.4. The fraction of sp³-hybridized carbons (Fsp3) is 0.923. The number of nitrogens with two attached hydrogens (primary N) is 1. The van der Waals surface area contributed by atoms with Gasteiger partial charge in [-0.1, -0.05) is 13.8 Å². The second-order valence-electron chi connectivity index (χ2n) is 5.93. The molecule has 0 radical (unpaired) electrons. The SMILES string of the molecule is CC(C)NC(=O)CN(C)CCCC(C)(C)CN. The van der Waals surface area contributed by atoms with Gasteiger partial charge in [-0.15, -0.1) is 0 Å². The van der Waals surface area contributed by atoms with E-state index < -0.39 is 0 Å². The van der Waals surface area contributed by atoms with Gasteiger partial charge in [0.05, 0.1) is 6.54 Å². The number of carbonyl (C=O) groups excluding carboxylic acids is 1. The average Bonchev–Trinajstić information content (AvgIpc) is 2.15. The molecule has 1 amide bonds. The Balaban J connectivity index is 3.73. The third kappa shape index (κ3) is 9.12. The first-order valence-corrected chi connectivity index (χ1v) is 6.45. The molecule has 0 aromatic carbocycles. The fourth-order valence-electron chi connectivity index (χ4n) is 1.62. The summed E-state index contributed by atoms with van der Waals surface area (Å²) < 4.78 is 0. The first-order chi connectivity index (χ1) is 7.76. The number of likely N-dealkylation sites (N-methyl/N-ethyl adjacent to an activating group) is 1. The zero-order chi connectivity index (χ0) is 13.5. The molecule has 0 spiro atoms. The van der Waals surface area contributed by atoms with Gasteiger partial charge in [0.2, 0.25) is 5.91 Å². The van der Waals surface area contributed by atoms with Crippen LogP contribution in [0.1, 0.15) is 40.5 Å². The van der Waals surface area contributed by atoms with Gasteiger partial charge in [-0.25, -0.2) is 0 Å². The summed E-state index contributed by atoms with van der Waals surface area (Å²) in [5.74, 6) is 0.0978. The van der Waals surface area contributed by atoms with Gasteiger partial charge in [-0.3, -0.25) is 9.69 Å². The topological polar surface area (TPSA) is 58.4 Å². The Bertz CT molecular complexity index is 227. The van der Waals surface area contributed by atoms with Crippen LogP contribution >= 0.6 is 0 Å². The minimum Gasteiger partial charge on any atom is -0.353 e. The fourth-order valence-corrected chi connectivity index (χ4v) is 1.62. The summed E-state index contributed by atoms with van der Waals surface area (Å²) in [7, 11) is 1.98. The minimum absolute atomic E-state index is 0.0978. The summed E-state index contributed by atoms with van der Waals surface area (Å²) in [6.07, 6.45) is 2.18. The number of hydrogen-bond acceptors (Lipinski definition) is 3. The molecule has 17 heavy (non-hydrogen) atoms. The Kier molecular flexibility index (Phi) is 7.39. The summed E-state index contributed by atoms with van der Waals surface area (Å²) in [4.78, 5) is 13.6. The van der Waals surface area contributed by atoms with Crippen molar-refractivity contribution in [3.8, 4) is 0 Å². The zero-order valence-corrected chi connectivity index (χ0v) is 12.0. The molecule has 0 heterocycles. The molecule has 0 bridgehead atoms. The third-order valence-electron chi connectivity index (χ3n) is 2.81. The maximum absolute atomic E-state index is 11.5. The molecule has 0 saturated carbocycles. The second-order valence-corrected chi connectivity index (χ2v) is 5.93. The van der Waals surface area contributed by atoms with Crippen molar-refractivity contribution in [1.29, 1.82) is 0 Å². The highest BCUT2D eigenvalue weighted by atomic mass is 16.2. The van der Waals surface area contributed by atoms with Crippen LogP contribution in [0.5, 0.6) is 0 Å². The van der Waals surface area contributed by atoms with Gasteiger partial charge >= 0.3 is 0 Å². The monoisotopic (exact) mass is 243 g/mol. The molecule has 0 saturated heterocycles. The summed E-state index contributed by atoms with van der Waals surface area (Å²) in [6, 6.07) is 0.215. The summed E-state index contributed by atoms with van der Waals surface area (Å²) in [5.41, 5.74) is 5.89. The van der Waals surface area contributed by atoms with Crippen LogP contribution in [0.25, 0.3) is 0 Å². The Labute approximate surface area is 106 Å². The number of nitrogens with one attached hydrogen (secondary N) is 1. The lowest BCUT2D eigenvalue weighted by atomic mass is 9.88. The lowest BCUT2D eigenvalue weighted by Crippen LogP contribution is -2.39. The van der Waals surface area contributed by atoms with E-state index >= 15 is 0 Å². The van der Waals surface area contributed by atoms with E-state index in [-0.39, 0.29) is 17.4 Å². The van der Waals surface area contributed by atoms with E-state index in [4.69, 9.17) is 5.73 Å². The molecular formula is C13H29N3O. The van der Waals surface area contributed by atoms with Crippen molar-refractivity contribution in [2.75, 3.05) is 26.7 Å². The van der Waals surface area contributed by atoms with Gasteiger partial charge in [-0.2, -0.15) is 0 Å². The van der Waals surface area contributed by atoms with Crippen molar-refractivity contribution in [3.05, 3.63) is 0 Å². The van der Waals surface area contributed by atoms with Gasteiger partial charge in [0.25, 0.3) is 0 Å². The van der Waals surface area contributed by atoms with Crippen LogP contribution < -0.4 is 11.1 Å². The molecule has 0 aliphatic heterocycles. The Hall–Kier alpha value is -0.610. The highest BCUT2D eigenvalue weighted by Gasteiger charge is 2.15. The van der Waals surface area contributed by atoms with Crippen LogP contribution in [0.3, 0.4) is 0 Å². The molecule has 0 aromatic rings. The van der Waals surface area contributed by atoms with Gasteiger partial charge in [0.15, 0.2) is 0 Å². The Morgan fingerprint density at radius 2 is 2.00 bits per heavy atom. The van der Waals surface area contributed by atoms with Crippen molar-refractivity contribution in [3.63, 3.8) is 0 Å². The van der Waals surface area contributed by atoms with E-state index in [1.807, 2.05) is 20.9 Å². The van der Waals surface area contributed by atoms with Crippen molar-refractivity contribution in [2.45, 2.75) is 46.6 Å². The summed E-state index contributed by atoms with van der Waals surface area (Å²) in [5, 5.41) is 2.89. The summed E-state index contributed by atoms with van der Waals surface area (Å²) >= 11 is 0. The maximum atomic E-state index is 11.5. The van der Waals surface area contributed by atoms with Crippen LogP contribution in [-0.2, 0) is 4.79 Å². The third-order valence-corrected chi connectivity index (χ3v) is 2.81. The first kappa shape index (κ1) is 16.4. The molecule has 0 unspecified atom stereocenters. The molecule has 0 aliphatic carbocycles. The zero-order valence-electron chi connectivity index (χ0n) is 12.0. The second kappa shape index (κ2) is 7.67. The molecule has 0 rings (SSSR count). The number of hydrogen-bond donors (Lipinski definition) is 2. The molecule has 0 fully saturated rings. The predicted molar refractivity (Wildman–Crippen MR) is 72.8 cm³/mol. The van der Waals surface area contributed by atoms with Crippen molar-refractivity contribution >= 4 is 5.91 Å². The molecule has 3 N–H and O–H groups in total. The maximum Gasteiger partial charge on any atom is 0.234 e. The first-order valence-electron chi connectivity index (χ1n) is 6.45. The molecule has 0 aromatic heterocycles. The van der Waals surface area contributed by atoms with Gasteiger partial charge in [0.1, 0.15) is 0 Å². The van der Waals surface area contributed by atoms with Crippen LogP contribution in [0.4, 0.5) is 0 Å². The Morgan fingerprint density at radius 1 is 1.41 bits per heavy atom. The van der Waals surface area contributed by atoms with Crippen molar-refractivity contribution in [1.82, 2.24) is 10.2 Å². The van der Waals surface area contributed by atoms with Crippen LogP contribution in [-0.4, -0.2) is 43.5 Å². The molecule has 0 aliphatic rings. The molecule has 0 atom stereocenters. The van der Waals surface area contributed by atoms with Gasteiger partial charge < -0.3 is 11.1 Å². The van der Waals surface area contributed by atoms with Crippen LogP contribution in [0.2, 0.25) is 0 Å².